The number of allylic oxidation sites excluding steroid dienone is 4. The van der Waals surface area contributed by atoms with Crippen molar-refractivity contribution in [2.45, 2.75) is 58.2 Å². The van der Waals surface area contributed by atoms with Gasteiger partial charge in [0.1, 0.15) is 11.9 Å². The molecule has 1 aromatic carbocycles. The van der Waals surface area contributed by atoms with Crippen molar-refractivity contribution >= 4 is 23.5 Å². The third-order valence-corrected chi connectivity index (χ3v) is 9.10. The van der Waals surface area contributed by atoms with Gasteiger partial charge in [-0.3, -0.25) is 4.79 Å². The van der Waals surface area contributed by atoms with Crippen LogP contribution in [-0.2, 0) is 14.3 Å². The molecule has 0 bridgehead atoms. The molecule has 0 aliphatic heterocycles. The molecule has 34 heavy (non-hydrogen) atoms. The molecule has 6 heteroatoms. The van der Waals surface area contributed by atoms with E-state index >= 15 is 0 Å². The lowest BCUT2D eigenvalue weighted by Crippen LogP contribution is -2.56. The highest BCUT2D eigenvalue weighted by molar-refractivity contribution is 6.01. The second-order valence-corrected chi connectivity index (χ2v) is 10.9. The molecular formula is C28H32FNO4. The standard InChI is InChI=1S/C28H32FNO4/c1-27-12-11-18(31)14-17(27)5-6-19-20-7-9-24(28(20,2)15-23(32)26(19)27)34-25(33)10-4-16-3-8-21(29)22(30)13-16/h3-4,8,10-14,19-20,23-24,26,32H,5-7,9,15,30H2,1-2H3/b10-4+. The lowest BCUT2D eigenvalue weighted by atomic mass is 9.47. The van der Waals surface area contributed by atoms with Gasteiger partial charge in [0.15, 0.2) is 5.78 Å². The van der Waals surface area contributed by atoms with Gasteiger partial charge in [-0.25, -0.2) is 9.18 Å². The third-order valence-electron chi connectivity index (χ3n) is 9.10. The molecule has 5 rings (SSSR count). The Morgan fingerprint density at radius 2 is 2.06 bits per heavy atom. The summed E-state index contributed by atoms with van der Waals surface area (Å²) in [6.45, 7) is 4.31. The number of nitrogens with two attached hydrogens (primary N) is 1. The number of esters is 1. The van der Waals surface area contributed by atoms with Crippen molar-refractivity contribution in [2.24, 2.45) is 28.6 Å². The minimum Gasteiger partial charge on any atom is -0.459 e. The quantitative estimate of drug-likeness (QED) is 0.387. The van der Waals surface area contributed by atoms with Crippen molar-refractivity contribution in [1.29, 1.82) is 0 Å². The fourth-order valence-electron chi connectivity index (χ4n) is 7.48. The van der Waals surface area contributed by atoms with Gasteiger partial charge in [0, 0.05) is 22.8 Å². The number of halogens is 1. The Morgan fingerprint density at radius 1 is 1.26 bits per heavy atom. The number of carbonyl (C=O) groups is 2. The van der Waals surface area contributed by atoms with Crippen LogP contribution in [-0.4, -0.2) is 29.1 Å². The molecule has 0 saturated heterocycles. The molecule has 180 valence electrons. The van der Waals surface area contributed by atoms with Crippen LogP contribution in [0.5, 0.6) is 0 Å². The summed E-state index contributed by atoms with van der Waals surface area (Å²) in [4.78, 5) is 24.6. The molecule has 3 saturated carbocycles. The number of hydrogen-bond acceptors (Lipinski definition) is 5. The monoisotopic (exact) mass is 465 g/mol. The van der Waals surface area contributed by atoms with Gasteiger partial charge in [-0.2, -0.15) is 0 Å². The first-order chi connectivity index (χ1) is 16.1. The average molecular weight is 466 g/mol. The molecule has 0 heterocycles. The summed E-state index contributed by atoms with van der Waals surface area (Å²) in [7, 11) is 0. The summed E-state index contributed by atoms with van der Waals surface area (Å²) >= 11 is 0. The molecule has 3 fully saturated rings. The van der Waals surface area contributed by atoms with E-state index in [1.165, 1.54) is 18.2 Å². The summed E-state index contributed by atoms with van der Waals surface area (Å²) in [5.74, 6) is -0.174. The fourth-order valence-corrected chi connectivity index (χ4v) is 7.48. The normalized spacial score (nSPS) is 38.8. The van der Waals surface area contributed by atoms with Crippen molar-refractivity contribution < 1.29 is 23.8 Å². The van der Waals surface area contributed by atoms with Gasteiger partial charge in [-0.1, -0.05) is 31.6 Å². The lowest BCUT2D eigenvalue weighted by molar-refractivity contribution is -0.163. The van der Waals surface area contributed by atoms with Crippen LogP contribution in [0.1, 0.15) is 51.5 Å². The van der Waals surface area contributed by atoms with E-state index in [0.29, 0.717) is 23.8 Å². The average Bonchev–Trinajstić information content (AvgIpc) is 3.10. The van der Waals surface area contributed by atoms with E-state index in [2.05, 4.69) is 13.8 Å². The molecule has 0 radical (unpaired) electrons. The van der Waals surface area contributed by atoms with Crippen LogP contribution in [0, 0.1) is 34.4 Å². The highest BCUT2D eigenvalue weighted by Gasteiger charge is 2.62. The number of benzene rings is 1. The van der Waals surface area contributed by atoms with Gasteiger partial charge in [-0.05, 0) is 79.9 Å². The number of anilines is 1. The summed E-state index contributed by atoms with van der Waals surface area (Å²) in [5, 5.41) is 11.4. The SMILES string of the molecule is CC12C=CC(=O)C=C1CCC1C2C(O)CC2(C)C(OC(=O)/C=C/c3ccc(F)c(N)c3)CCC12. The van der Waals surface area contributed by atoms with Gasteiger partial charge < -0.3 is 15.6 Å². The summed E-state index contributed by atoms with van der Waals surface area (Å²) in [5.41, 5.74) is 6.80. The number of fused-ring (bicyclic) bond motifs is 5. The van der Waals surface area contributed by atoms with Crippen LogP contribution in [0.25, 0.3) is 6.08 Å². The van der Waals surface area contributed by atoms with Gasteiger partial charge in [0.25, 0.3) is 0 Å². The molecule has 7 unspecified atom stereocenters. The molecular weight excluding hydrogens is 433 g/mol. The van der Waals surface area contributed by atoms with Gasteiger partial charge in [0.2, 0.25) is 0 Å². The van der Waals surface area contributed by atoms with Crippen LogP contribution in [0.4, 0.5) is 10.1 Å². The number of rotatable bonds is 3. The van der Waals surface area contributed by atoms with Crippen molar-refractivity contribution in [1.82, 2.24) is 0 Å². The zero-order valence-electron chi connectivity index (χ0n) is 19.7. The van der Waals surface area contributed by atoms with Gasteiger partial charge >= 0.3 is 5.97 Å². The van der Waals surface area contributed by atoms with E-state index in [0.717, 1.165) is 31.3 Å². The number of ether oxygens (including phenoxy) is 1. The maximum absolute atomic E-state index is 13.4. The fraction of sp³-hybridized carbons (Fsp3) is 0.500. The Hall–Kier alpha value is -2.73. The number of aliphatic hydroxyl groups is 1. The van der Waals surface area contributed by atoms with Crippen molar-refractivity contribution in [3.63, 3.8) is 0 Å². The predicted molar refractivity (Wildman–Crippen MR) is 128 cm³/mol. The second kappa shape index (κ2) is 8.19. The van der Waals surface area contributed by atoms with Crippen LogP contribution >= 0.6 is 0 Å². The molecule has 4 aliphatic rings. The van der Waals surface area contributed by atoms with Crippen LogP contribution in [0.15, 0.2) is 48.1 Å². The smallest absolute Gasteiger partial charge is 0.331 e. The van der Waals surface area contributed by atoms with E-state index in [9.17, 15) is 19.1 Å². The number of hydrogen-bond donors (Lipinski definition) is 2. The third kappa shape index (κ3) is 3.63. The van der Waals surface area contributed by atoms with E-state index < -0.39 is 17.9 Å². The van der Waals surface area contributed by atoms with E-state index in [1.807, 2.05) is 6.08 Å². The predicted octanol–water partition coefficient (Wildman–Crippen LogP) is 4.61. The molecule has 0 amide bonds. The zero-order chi connectivity index (χ0) is 24.3. The largest absolute Gasteiger partial charge is 0.459 e. The number of ketones is 1. The summed E-state index contributed by atoms with van der Waals surface area (Å²) in [6.07, 6.45) is 11.6. The highest BCUT2D eigenvalue weighted by atomic mass is 19.1. The Kier molecular flexibility index (Phi) is 5.55. The molecule has 0 spiro atoms. The summed E-state index contributed by atoms with van der Waals surface area (Å²) in [6, 6.07) is 4.30. The first kappa shape index (κ1) is 23.0. The molecule has 7 atom stereocenters. The van der Waals surface area contributed by atoms with Crippen molar-refractivity contribution in [3.05, 3.63) is 59.5 Å². The topological polar surface area (TPSA) is 89.6 Å². The molecule has 5 nitrogen and oxygen atoms in total. The Bertz CT molecular complexity index is 1120. The second-order valence-electron chi connectivity index (χ2n) is 10.9. The number of aliphatic hydroxyl groups excluding tert-OH is 1. The van der Waals surface area contributed by atoms with E-state index in [-0.39, 0.29) is 34.3 Å². The zero-order valence-corrected chi connectivity index (χ0v) is 19.7. The lowest BCUT2D eigenvalue weighted by Gasteiger charge is -2.58. The summed E-state index contributed by atoms with van der Waals surface area (Å²) < 4.78 is 19.3. The maximum atomic E-state index is 13.4. The first-order valence-corrected chi connectivity index (χ1v) is 12.2. The van der Waals surface area contributed by atoms with E-state index in [4.69, 9.17) is 10.5 Å². The molecule has 1 aromatic rings. The van der Waals surface area contributed by atoms with Crippen molar-refractivity contribution in [2.75, 3.05) is 5.73 Å². The van der Waals surface area contributed by atoms with Gasteiger partial charge in [0.05, 0.1) is 11.8 Å². The Balaban J connectivity index is 1.33. The maximum Gasteiger partial charge on any atom is 0.331 e. The molecule has 3 N–H and O–H groups in total. The minimum absolute atomic E-state index is 0.0313. The van der Waals surface area contributed by atoms with Crippen LogP contribution in [0.2, 0.25) is 0 Å². The van der Waals surface area contributed by atoms with Crippen LogP contribution < -0.4 is 5.73 Å². The van der Waals surface area contributed by atoms with Crippen LogP contribution in [0.3, 0.4) is 0 Å². The van der Waals surface area contributed by atoms with E-state index in [1.54, 1.807) is 24.3 Å². The number of nitrogen functional groups attached to an aromatic ring is 1. The molecule has 4 aliphatic carbocycles. The minimum atomic E-state index is -0.533. The number of carbonyl (C=O) groups excluding carboxylic acids is 2. The highest BCUT2D eigenvalue weighted by Crippen LogP contribution is 2.64. The first-order valence-electron chi connectivity index (χ1n) is 12.2. The molecule has 0 aromatic heterocycles. The van der Waals surface area contributed by atoms with Crippen molar-refractivity contribution in [3.8, 4) is 0 Å². The Labute approximate surface area is 199 Å². The van der Waals surface area contributed by atoms with Gasteiger partial charge in [-0.15, -0.1) is 0 Å². The Morgan fingerprint density at radius 3 is 2.82 bits per heavy atom.